The molecule has 5 nitrogen and oxygen atoms in total. The van der Waals surface area contributed by atoms with Gasteiger partial charge >= 0.3 is 0 Å². The number of thiophene rings is 2. The van der Waals surface area contributed by atoms with E-state index in [1.165, 1.54) is 9.40 Å². The van der Waals surface area contributed by atoms with E-state index in [1.54, 1.807) is 34.8 Å². The molecule has 0 saturated carbocycles. The van der Waals surface area contributed by atoms with E-state index in [9.17, 15) is 0 Å². The number of nitrogens with zero attached hydrogens (tertiary/aromatic N) is 4. The molecule has 6 aromatic heterocycles. The Morgan fingerprint density at radius 1 is 0.525 bits per heavy atom. The first-order valence-corrected chi connectivity index (χ1v) is 21.7. The van der Waals surface area contributed by atoms with Crippen molar-refractivity contribution in [3.63, 3.8) is 0 Å². The lowest BCUT2D eigenvalue weighted by Crippen LogP contribution is -2.03. The van der Waals surface area contributed by atoms with Gasteiger partial charge < -0.3 is 4.42 Å². The van der Waals surface area contributed by atoms with E-state index in [-0.39, 0.29) is 5.82 Å². The van der Waals surface area contributed by atoms with Gasteiger partial charge in [-0.2, -0.15) is 0 Å². The highest BCUT2D eigenvalue weighted by Gasteiger charge is 2.26. The number of pyridine rings is 1. The van der Waals surface area contributed by atoms with E-state index in [0.29, 0.717) is 5.95 Å². The van der Waals surface area contributed by atoms with Crippen molar-refractivity contribution >= 4 is 128 Å². The molecule has 0 spiro atoms. The van der Waals surface area contributed by atoms with Crippen molar-refractivity contribution in [2.45, 2.75) is 0 Å². The summed E-state index contributed by atoms with van der Waals surface area (Å²) in [4.78, 5) is 15.4. The molecular weight excluding hydrogens is 792 g/mol. The zero-order chi connectivity index (χ0) is 39.9. The predicted octanol–water partition coefficient (Wildman–Crippen LogP) is 15.4. The Kier molecular flexibility index (Phi) is 6.70. The summed E-state index contributed by atoms with van der Waals surface area (Å²) in [5, 5.41) is 11.6. The first-order valence-electron chi connectivity index (χ1n) is 20.1. The van der Waals surface area contributed by atoms with Gasteiger partial charge in [-0.3, -0.25) is 9.55 Å². The minimum Gasteiger partial charge on any atom is -0.456 e. The van der Waals surface area contributed by atoms with Crippen LogP contribution in [0, 0.1) is 5.82 Å². The van der Waals surface area contributed by atoms with E-state index in [1.807, 2.05) is 42.7 Å². The van der Waals surface area contributed by atoms with Gasteiger partial charge in [-0.25, -0.2) is 14.4 Å². The molecule has 0 atom stereocenters. The fourth-order valence-electron chi connectivity index (χ4n) is 9.69. The Bertz CT molecular complexity index is 4210. The number of halogens is 1. The van der Waals surface area contributed by atoms with Gasteiger partial charge in [-0.05, 0) is 83.2 Å². The highest BCUT2D eigenvalue weighted by atomic mass is 32.1. The first-order chi connectivity index (χ1) is 30.1. The van der Waals surface area contributed by atoms with Gasteiger partial charge in [0.1, 0.15) is 17.0 Å². The van der Waals surface area contributed by atoms with E-state index in [2.05, 4.69) is 119 Å². The largest absolute Gasteiger partial charge is 0.456 e. The molecule has 0 saturated heterocycles. The van der Waals surface area contributed by atoms with Crippen molar-refractivity contribution < 1.29 is 8.81 Å². The van der Waals surface area contributed by atoms with Crippen LogP contribution in [0.4, 0.5) is 4.39 Å². The Morgan fingerprint density at radius 2 is 1.30 bits per heavy atom. The van der Waals surface area contributed by atoms with Gasteiger partial charge in [0.05, 0.1) is 26.9 Å². The molecule has 0 N–H and O–H groups in total. The molecule has 0 bridgehead atoms. The molecule has 0 amide bonds. The summed E-state index contributed by atoms with van der Waals surface area (Å²) >= 11 is 3.49. The van der Waals surface area contributed by atoms with Gasteiger partial charge in [0.15, 0.2) is 0 Å². The summed E-state index contributed by atoms with van der Waals surface area (Å²) in [5.41, 5.74) is 8.43. The van der Waals surface area contributed by atoms with Gasteiger partial charge in [-0.1, -0.05) is 84.9 Å². The highest BCUT2D eigenvalue weighted by molar-refractivity contribution is 7.27. The molecule has 8 aromatic carbocycles. The number of para-hydroxylation sites is 1. The molecule has 0 aliphatic carbocycles. The van der Waals surface area contributed by atoms with Crippen LogP contribution in [-0.4, -0.2) is 19.5 Å². The second-order valence-corrected chi connectivity index (χ2v) is 17.7. The maximum Gasteiger partial charge on any atom is 0.235 e. The zero-order valence-electron chi connectivity index (χ0n) is 32.0. The summed E-state index contributed by atoms with van der Waals surface area (Å²) in [6.07, 6.45) is 3.77. The molecule has 14 aromatic rings. The maximum absolute atomic E-state index is 15.8. The normalized spacial score (nSPS) is 12.3. The van der Waals surface area contributed by atoms with Crippen LogP contribution < -0.4 is 0 Å². The Hall–Kier alpha value is -7.52. The van der Waals surface area contributed by atoms with Crippen molar-refractivity contribution in [2.75, 3.05) is 0 Å². The predicted molar refractivity (Wildman–Crippen MR) is 253 cm³/mol. The molecule has 0 radical (unpaired) electrons. The van der Waals surface area contributed by atoms with Gasteiger partial charge in [0.25, 0.3) is 0 Å². The second-order valence-electron chi connectivity index (χ2n) is 15.6. The number of furan rings is 1. The molecule has 0 fully saturated rings. The maximum atomic E-state index is 15.8. The summed E-state index contributed by atoms with van der Waals surface area (Å²) in [6, 6.07) is 51.8. The summed E-state index contributed by atoms with van der Waals surface area (Å²) in [5.74, 6) is 0.239. The SMILES string of the molecule is Fc1ccc2c(c1)c1c3c4cc(-c5cccc6cnccc56)ccc4sc3c3ccccc3c1n2-c1nc(-c2ccc3oc4ccccc4c3c2)c2sc3ccccc3c2n1. The van der Waals surface area contributed by atoms with E-state index in [4.69, 9.17) is 14.4 Å². The molecule has 61 heavy (non-hydrogen) atoms. The van der Waals surface area contributed by atoms with Gasteiger partial charge in [-0.15, -0.1) is 22.7 Å². The van der Waals surface area contributed by atoms with Crippen LogP contribution in [0.25, 0.3) is 134 Å². The Balaban J connectivity index is 1.13. The smallest absolute Gasteiger partial charge is 0.235 e. The topological polar surface area (TPSA) is 56.7 Å². The minimum atomic E-state index is -0.293. The third-order valence-electron chi connectivity index (χ3n) is 12.3. The quantitative estimate of drug-likeness (QED) is 0.178. The lowest BCUT2D eigenvalue weighted by molar-refractivity contribution is 0.629. The first kappa shape index (κ1) is 33.3. The van der Waals surface area contributed by atoms with Crippen molar-refractivity contribution in [3.05, 3.63) is 170 Å². The fraction of sp³-hybridized carbons (Fsp3) is 0. The number of rotatable bonds is 3. The highest BCUT2D eigenvalue weighted by Crippen LogP contribution is 2.49. The van der Waals surface area contributed by atoms with Crippen molar-refractivity contribution in [2.24, 2.45) is 0 Å². The van der Waals surface area contributed by atoms with Crippen LogP contribution in [0.3, 0.4) is 0 Å². The van der Waals surface area contributed by atoms with Crippen LogP contribution in [0.2, 0.25) is 0 Å². The monoisotopic (exact) mass is 818 g/mol. The third-order valence-corrected chi connectivity index (χ3v) is 14.7. The Morgan fingerprint density at radius 3 is 2.23 bits per heavy atom. The minimum absolute atomic E-state index is 0.293. The molecule has 8 heteroatoms. The number of benzene rings is 8. The second kappa shape index (κ2) is 12.3. The van der Waals surface area contributed by atoms with Gasteiger partial charge in [0.2, 0.25) is 5.95 Å². The van der Waals surface area contributed by atoms with Crippen LogP contribution in [0.15, 0.2) is 168 Å². The molecule has 6 heterocycles. The molecule has 0 aliphatic heterocycles. The van der Waals surface area contributed by atoms with E-state index < -0.39 is 0 Å². The van der Waals surface area contributed by atoms with Crippen molar-refractivity contribution in [3.8, 4) is 28.3 Å². The molecule has 0 unspecified atom stereocenters. The number of aromatic nitrogens is 4. The van der Waals surface area contributed by atoms with Crippen molar-refractivity contribution in [1.29, 1.82) is 0 Å². The Labute approximate surface area is 353 Å². The number of fused-ring (bicyclic) bond motifs is 17. The van der Waals surface area contributed by atoms with E-state index in [0.717, 1.165) is 119 Å². The summed E-state index contributed by atoms with van der Waals surface area (Å²) < 4.78 is 28.7. The van der Waals surface area contributed by atoms with Crippen LogP contribution in [0.5, 0.6) is 0 Å². The number of hydrogen-bond donors (Lipinski definition) is 0. The van der Waals surface area contributed by atoms with Crippen LogP contribution >= 0.6 is 22.7 Å². The summed E-state index contributed by atoms with van der Waals surface area (Å²) in [7, 11) is 0. The summed E-state index contributed by atoms with van der Waals surface area (Å²) in [6.45, 7) is 0. The zero-order valence-corrected chi connectivity index (χ0v) is 33.6. The van der Waals surface area contributed by atoms with Crippen LogP contribution in [0.1, 0.15) is 0 Å². The van der Waals surface area contributed by atoms with Crippen LogP contribution in [-0.2, 0) is 0 Å². The standard InChI is InChI=1S/C53H27FN4OS2/c54-31-18-19-41-39(26-31)46-47-40-24-28(32-13-7-8-30-27-55-23-22-33(30)32)17-21-45(40)60-51(47)36-11-2-1-10-35(36)50(46)58(41)53-56-48(52-49(57-53)37-12-4-6-15-44(37)61-52)29-16-20-43-38(25-29)34-9-3-5-14-42(34)59-43/h1-27H. The molecular formula is C53H27FN4OS2. The molecule has 14 rings (SSSR count). The lowest BCUT2D eigenvalue weighted by atomic mass is 9.96. The lowest BCUT2D eigenvalue weighted by Gasteiger charge is -2.12. The fourth-order valence-corrected chi connectivity index (χ4v) is 12.1. The average Bonchev–Trinajstić information content (AvgIpc) is 4.07. The number of hydrogen-bond acceptors (Lipinski definition) is 6. The molecule has 0 aliphatic rings. The van der Waals surface area contributed by atoms with Crippen molar-refractivity contribution in [1.82, 2.24) is 19.5 Å². The average molecular weight is 819 g/mol. The van der Waals surface area contributed by atoms with Gasteiger partial charge in [0, 0.05) is 85.9 Å². The third kappa shape index (κ3) is 4.66. The molecule has 284 valence electrons. The van der Waals surface area contributed by atoms with E-state index >= 15 is 4.39 Å².